The zero-order valence-electron chi connectivity index (χ0n) is 38.0. The third-order valence-electron chi connectivity index (χ3n) is 10.6. The zero-order valence-corrected chi connectivity index (χ0v) is 38.9. The molecular weight excluding hydrogens is 767 g/mol. The molecule has 0 saturated carbocycles. The van der Waals surface area contributed by atoms with Crippen LogP contribution in [0, 0.1) is 0 Å². The maximum absolute atomic E-state index is 12.7. The standard InChI is InChI=1S/C48H91O10P/c1-3-5-7-9-11-13-15-17-19-20-21-22-23-24-26-28-30-32-34-36-38-40-48(52)58-46(44-57-59(53,54)56-42-45(50)41-49)43-55-47(51)39-37-35-33-31-29-27-25-18-16-14-12-10-8-6-4-2/h18,25,29,31,45-46,49-50H,3-17,19-24,26-28,30,32-44H2,1-2H3,(H,53,54)/b25-18+,31-29+/t45-,46+/m0/s1. The Hall–Kier alpha value is -1.55. The Morgan fingerprint density at radius 1 is 0.508 bits per heavy atom. The van der Waals surface area contributed by atoms with Gasteiger partial charge in [-0.25, -0.2) is 4.57 Å². The molecule has 0 saturated heterocycles. The smallest absolute Gasteiger partial charge is 0.462 e. The summed E-state index contributed by atoms with van der Waals surface area (Å²) in [5, 5.41) is 18.4. The van der Waals surface area contributed by atoms with Crippen LogP contribution in [0.3, 0.4) is 0 Å². The fraction of sp³-hybridized carbons (Fsp3) is 0.875. The van der Waals surface area contributed by atoms with Gasteiger partial charge >= 0.3 is 19.8 Å². The van der Waals surface area contributed by atoms with E-state index < -0.39 is 51.8 Å². The van der Waals surface area contributed by atoms with E-state index in [2.05, 4.69) is 38.2 Å². The molecule has 0 fully saturated rings. The van der Waals surface area contributed by atoms with Crippen LogP contribution >= 0.6 is 7.82 Å². The molecule has 0 bridgehead atoms. The summed E-state index contributed by atoms with van der Waals surface area (Å²) in [5.74, 6) is -0.951. The minimum atomic E-state index is -4.62. The SMILES string of the molecule is CCCCCCCC/C=C/C/C=C/CCCCC(=O)OC[C@H](COP(=O)(O)OC[C@@H](O)CO)OC(=O)CCCCCCCCCCCCCCCCCCCCCCC. The van der Waals surface area contributed by atoms with Crippen molar-refractivity contribution in [3.8, 4) is 0 Å². The number of hydrogen-bond acceptors (Lipinski definition) is 9. The lowest BCUT2D eigenvalue weighted by molar-refractivity contribution is -0.161. The maximum Gasteiger partial charge on any atom is 0.472 e. The molecule has 0 aromatic rings. The number of carbonyl (C=O) groups is 2. The van der Waals surface area contributed by atoms with Crippen molar-refractivity contribution >= 4 is 19.8 Å². The molecule has 0 radical (unpaired) electrons. The lowest BCUT2D eigenvalue weighted by Crippen LogP contribution is -2.29. The number of allylic oxidation sites excluding steroid dienone is 4. The van der Waals surface area contributed by atoms with Gasteiger partial charge in [-0.3, -0.25) is 18.6 Å². The van der Waals surface area contributed by atoms with Gasteiger partial charge in [0, 0.05) is 12.8 Å². The highest BCUT2D eigenvalue weighted by Gasteiger charge is 2.27. The summed E-state index contributed by atoms with van der Waals surface area (Å²) in [6, 6.07) is 0. The molecule has 11 heteroatoms. The van der Waals surface area contributed by atoms with Crippen molar-refractivity contribution in [2.45, 2.75) is 244 Å². The average molecular weight is 859 g/mol. The number of ether oxygens (including phenoxy) is 2. The number of hydrogen-bond donors (Lipinski definition) is 3. The van der Waals surface area contributed by atoms with Crippen molar-refractivity contribution in [2.24, 2.45) is 0 Å². The lowest BCUT2D eigenvalue weighted by Gasteiger charge is -2.20. The van der Waals surface area contributed by atoms with Crippen molar-refractivity contribution in [1.29, 1.82) is 0 Å². The predicted molar refractivity (Wildman–Crippen MR) is 242 cm³/mol. The van der Waals surface area contributed by atoms with E-state index in [-0.39, 0.29) is 19.4 Å². The minimum Gasteiger partial charge on any atom is -0.462 e. The second-order valence-corrected chi connectivity index (χ2v) is 17.9. The van der Waals surface area contributed by atoms with Gasteiger partial charge in [0.15, 0.2) is 6.10 Å². The normalized spacial score (nSPS) is 13.9. The van der Waals surface area contributed by atoms with Crippen molar-refractivity contribution in [3.63, 3.8) is 0 Å². The van der Waals surface area contributed by atoms with Gasteiger partial charge < -0.3 is 24.6 Å². The summed E-state index contributed by atoms with van der Waals surface area (Å²) in [5.41, 5.74) is 0. The van der Waals surface area contributed by atoms with E-state index in [9.17, 15) is 24.2 Å². The summed E-state index contributed by atoms with van der Waals surface area (Å²) < 4.78 is 32.8. The van der Waals surface area contributed by atoms with Crippen LogP contribution in [0.1, 0.15) is 232 Å². The zero-order chi connectivity index (χ0) is 43.3. The monoisotopic (exact) mass is 859 g/mol. The van der Waals surface area contributed by atoms with E-state index in [0.29, 0.717) is 12.8 Å². The molecule has 0 amide bonds. The first-order valence-electron chi connectivity index (χ1n) is 24.3. The van der Waals surface area contributed by atoms with Gasteiger partial charge in [0.1, 0.15) is 12.7 Å². The molecule has 10 nitrogen and oxygen atoms in total. The molecule has 0 aliphatic carbocycles. The quantitative estimate of drug-likeness (QED) is 0.0234. The topological polar surface area (TPSA) is 149 Å². The van der Waals surface area contributed by atoms with Gasteiger partial charge in [0.05, 0.1) is 19.8 Å². The Balaban J connectivity index is 4.21. The summed E-state index contributed by atoms with van der Waals surface area (Å²) >= 11 is 0. The summed E-state index contributed by atoms with van der Waals surface area (Å²) in [4.78, 5) is 35.1. The second kappa shape index (κ2) is 44.5. The number of phosphoric ester groups is 1. The highest BCUT2D eigenvalue weighted by atomic mass is 31.2. The van der Waals surface area contributed by atoms with Crippen LogP contribution in [0.5, 0.6) is 0 Å². The van der Waals surface area contributed by atoms with E-state index in [1.807, 2.05) is 0 Å². The van der Waals surface area contributed by atoms with Gasteiger partial charge in [0.25, 0.3) is 0 Å². The lowest BCUT2D eigenvalue weighted by atomic mass is 10.0. The highest BCUT2D eigenvalue weighted by molar-refractivity contribution is 7.47. The maximum atomic E-state index is 12.7. The van der Waals surface area contributed by atoms with E-state index in [1.54, 1.807) is 0 Å². The van der Waals surface area contributed by atoms with E-state index >= 15 is 0 Å². The molecule has 0 aromatic carbocycles. The molecule has 3 atom stereocenters. The molecule has 348 valence electrons. The van der Waals surface area contributed by atoms with E-state index in [4.69, 9.17) is 23.6 Å². The molecule has 0 aliphatic heterocycles. The molecule has 0 aliphatic rings. The molecule has 0 aromatic heterocycles. The number of aliphatic hydroxyl groups excluding tert-OH is 2. The summed E-state index contributed by atoms with van der Waals surface area (Å²) in [7, 11) is -4.62. The van der Waals surface area contributed by atoms with Crippen LogP contribution in [-0.2, 0) is 32.7 Å². The van der Waals surface area contributed by atoms with Crippen LogP contribution in [0.15, 0.2) is 24.3 Å². The van der Waals surface area contributed by atoms with Crippen LogP contribution in [-0.4, -0.2) is 65.7 Å². The predicted octanol–water partition coefficient (Wildman–Crippen LogP) is 13.3. The van der Waals surface area contributed by atoms with Gasteiger partial charge in [-0.2, -0.15) is 0 Å². The van der Waals surface area contributed by atoms with E-state index in [0.717, 1.165) is 44.9 Å². The summed E-state index contributed by atoms with van der Waals surface area (Å²) in [6.45, 7) is 2.38. The first-order valence-corrected chi connectivity index (χ1v) is 25.8. The number of phosphoric acid groups is 1. The van der Waals surface area contributed by atoms with Crippen LogP contribution in [0.25, 0.3) is 0 Å². The van der Waals surface area contributed by atoms with Crippen molar-refractivity contribution in [2.75, 3.05) is 26.4 Å². The third-order valence-corrected chi connectivity index (χ3v) is 11.6. The van der Waals surface area contributed by atoms with Crippen LogP contribution < -0.4 is 0 Å². The van der Waals surface area contributed by atoms with Gasteiger partial charge in [-0.15, -0.1) is 0 Å². The number of aliphatic hydroxyl groups is 2. The first kappa shape index (κ1) is 57.4. The molecular formula is C48H91O10P. The average Bonchev–Trinajstić information content (AvgIpc) is 3.22. The highest BCUT2D eigenvalue weighted by Crippen LogP contribution is 2.43. The number of esters is 2. The fourth-order valence-corrected chi connectivity index (χ4v) is 7.64. The fourth-order valence-electron chi connectivity index (χ4n) is 6.85. The Bertz CT molecular complexity index is 1040. The first-order chi connectivity index (χ1) is 28.7. The van der Waals surface area contributed by atoms with Gasteiger partial charge in [0.2, 0.25) is 0 Å². The summed E-state index contributed by atoms with van der Waals surface area (Å²) in [6.07, 6.45) is 45.8. The number of unbranched alkanes of at least 4 members (excludes halogenated alkanes) is 28. The Morgan fingerprint density at radius 2 is 0.881 bits per heavy atom. The van der Waals surface area contributed by atoms with Crippen LogP contribution in [0.4, 0.5) is 0 Å². The molecule has 0 spiro atoms. The van der Waals surface area contributed by atoms with Gasteiger partial charge in [-0.1, -0.05) is 199 Å². The minimum absolute atomic E-state index is 0.182. The van der Waals surface area contributed by atoms with Crippen molar-refractivity contribution < 1.29 is 47.8 Å². The second-order valence-electron chi connectivity index (χ2n) is 16.5. The molecule has 0 heterocycles. The molecule has 1 unspecified atom stereocenters. The van der Waals surface area contributed by atoms with E-state index in [1.165, 1.54) is 148 Å². The van der Waals surface area contributed by atoms with Crippen molar-refractivity contribution in [3.05, 3.63) is 24.3 Å². The molecule has 3 N–H and O–H groups in total. The third kappa shape index (κ3) is 44.3. The van der Waals surface area contributed by atoms with Crippen LogP contribution in [0.2, 0.25) is 0 Å². The number of rotatable bonds is 46. The molecule has 0 rings (SSSR count). The largest absolute Gasteiger partial charge is 0.472 e. The Morgan fingerprint density at radius 3 is 1.34 bits per heavy atom. The van der Waals surface area contributed by atoms with Crippen molar-refractivity contribution in [1.82, 2.24) is 0 Å². The van der Waals surface area contributed by atoms with Gasteiger partial charge in [-0.05, 0) is 44.9 Å². The Kier molecular flexibility index (Phi) is 43.3. The molecule has 59 heavy (non-hydrogen) atoms. The number of carbonyl (C=O) groups excluding carboxylic acids is 2. The Labute approximate surface area is 361 Å².